The number of benzene rings is 3. The highest BCUT2D eigenvalue weighted by Crippen LogP contribution is 2.28. The number of carbonyl (C=O) groups is 1. The van der Waals surface area contributed by atoms with Crippen molar-refractivity contribution in [1.82, 2.24) is 4.90 Å². The van der Waals surface area contributed by atoms with Crippen LogP contribution in [0.15, 0.2) is 78.9 Å². The summed E-state index contributed by atoms with van der Waals surface area (Å²) in [5.41, 5.74) is 3.27. The van der Waals surface area contributed by atoms with Gasteiger partial charge < -0.3 is 20.1 Å². The summed E-state index contributed by atoms with van der Waals surface area (Å²) >= 11 is 0. The van der Waals surface area contributed by atoms with Gasteiger partial charge in [0.15, 0.2) is 0 Å². The summed E-state index contributed by atoms with van der Waals surface area (Å²) in [4.78, 5) is 15.4. The van der Waals surface area contributed by atoms with Gasteiger partial charge in [0.25, 0.3) is 0 Å². The number of ether oxygens (including phenoxy) is 1. The van der Waals surface area contributed by atoms with E-state index < -0.39 is 5.60 Å². The zero-order valence-electron chi connectivity index (χ0n) is 21.9. The minimum absolute atomic E-state index is 0.0643. The quantitative estimate of drug-likeness (QED) is 0.245. The number of amides is 2. The van der Waals surface area contributed by atoms with Crippen molar-refractivity contribution < 1.29 is 14.6 Å². The Bertz CT molecular complexity index is 1060. The van der Waals surface area contributed by atoms with Crippen LogP contribution >= 0.6 is 0 Å². The molecule has 0 unspecified atom stereocenters. The molecule has 3 rings (SSSR count). The molecule has 0 atom stereocenters. The summed E-state index contributed by atoms with van der Waals surface area (Å²) in [6.07, 6.45) is 5.70. The van der Waals surface area contributed by atoms with Gasteiger partial charge in [-0.05, 0) is 49.6 Å². The maximum atomic E-state index is 13.5. The minimum atomic E-state index is -0.641. The van der Waals surface area contributed by atoms with E-state index in [1.54, 1.807) is 0 Å². The van der Waals surface area contributed by atoms with Crippen molar-refractivity contribution in [1.29, 1.82) is 0 Å². The van der Waals surface area contributed by atoms with Gasteiger partial charge in [-0.15, -0.1) is 0 Å². The number of aliphatic hydroxyl groups is 1. The van der Waals surface area contributed by atoms with Crippen LogP contribution in [0.5, 0.6) is 5.75 Å². The average molecular weight is 489 g/mol. The first-order valence-corrected chi connectivity index (χ1v) is 13.0. The van der Waals surface area contributed by atoms with E-state index >= 15 is 0 Å². The molecule has 5 nitrogen and oxygen atoms in total. The highest BCUT2D eigenvalue weighted by molar-refractivity contribution is 5.94. The molecule has 0 fully saturated rings. The summed E-state index contributed by atoms with van der Waals surface area (Å²) in [5, 5.41) is 12.6. The first-order valence-electron chi connectivity index (χ1n) is 13.0. The number of unbranched alkanes of at least 4 members (excludes halogenated alkanes) is 4. The van der Waals surface area contributed by atoms with Gasteiger partial charge in [-0.2, -0.15) is 0 Å². The molecular weight excluding hydrogens is 448 g/mol. The Hall–Kier alpha value is -3.31. The molecule has 0 radical (unpaired) electrons. The minimum Gasteiger partial charge on any atom is -0.485 e. The van der Waals surface area contributed by atoms with E-state index in [1.807, 2.05) is 85.5 Å². The molecule has 0 aliphatic carbocycles. The van der Waals surface area contributed by atoms with Gasteiger partial charge in [0.1, 0.15) is 11.4 Å². The lowest BCUT2D eigenvalue weighted by atomic mass is 10.0. The molecule has 0 aliphatic heterocycles. The average Bonchev–Trinajstić information content (AvgIpc) is 2.89. The summed E-state index contributed by atoms with van der Waals surface area (Å²) < 4.78 is 5.85. The molecule has 0 aliphatic rings. The topological polar surface area (TPSA) is 61.8 Å². The molecular formula is C31H40N2O3. The number of carbonyl (C=O) groups excluding carboxylic acids is 1. The van der Waals surface area contributed by atoms with E-state index in [4.69, 9.17) is 4.74 Å². The van der Waals surface area contributed by atoms with Crippen molar-refractivity contribution >= 4 is 11.7 Å². The molecule has 0 aromatic heterocycles. The molecule has 0 bridgehead atoms. The molecule has 36 heavy (non-hydrogen) atoms. The fourth-order valence-corrected chi connectivity index (χ4v) is 4.05. The Kier molecular flexibility index (Phi) is 10.4. The molecule has 3 aromatic carbocycles. The first-order chi connectivity index (χ1) is 17.4. The summed E-state index contributed by atoms with van der Waals surface area (Å²) in [7, 11) is 0. The zero-order chi connectivity index (χ0) is 25.8. The number of para-hydroxylation sites is 1. The number of anilines is 1. The normalized spacial score (nSPS) is 11.2. The smallest absolute Gasteiger partial charge is 0.322 e. The van der Waals surface area contributed by atoms with Crippen molar-refractivity contribution in [3.05, 3.63) is 84.4 Å². The third kappa shape index (κ3) is 8.42. The van der Waals surface area contributed by atoms with Gasteiger partial charge in [0, 0.05) is 18.7 Å². The number of hydrogen-bond acceptors (Lipinski definition) is 3. The third-order valence-corrected chi connectivity index (χ3v) is 6.14. The second-order valence-electron chi connectivity index (χ2n) is 9.84. The van der Waals surface area contributed by atoms with Gasteiger partial charge in [-0.3, -0.25) is 0 Å². The lowest BCUT2D eigenvalue weighted by Crippen LogP contribution is -2.35. The van der Waals surface area contributed by atoms with Crippen LogP contribution in [-0.2, 0) is 6.54 Å². The summed E-state index contributed by atoms with van der Waals surface area (Å²) in [6, 6.07) is 25.7. The Morgan fingerprint density at radius 1 is 0.889 bits per heavy atom. The molecule has 0 saturated heterocycles. The van der Waals surface area contributed by atoms with Crippen LogP contribution in [0.2, 0.25) is 0 Å². The lowest BCUT2D eigenvalue weighted by molar-refractivity contribution is 0.0412. The molecule has 0 spiro atoms. The van der Waals surface area contributed by atoms with E-state index in [2.05, 4.69) is 24.4 Å². The molecule has 2 N–H and O–H groups in total. The largest absolute Gasteiger partial charge is 0.485 e. The van der Waals surface area contributed by atoms with Crippen LogP contribution in [0, 0.1) is 0 Å². The van der Waals surface area contributed by atoms with Gasteiger partial charge >= 0.3 is 6.03 Å². The van der Waals surface area contributed by atoms with Crippen molar-refractivity contribution in [3.63, 3.8) is 0 Å². The number of hydrogen-bond donors (Lipinski definition) is 2. The number of nitrogens with zero attached hydrogens (tertiary/aromatic N) is 1. The van der Waals surface area contributed by atoms with Crippen LogP contribution in [0.1, 0.15) is 58.4 Å². The standard InChI is InChI=1S/C31H40N2O3/c1-4-5-6-7-13-22-33(23-25-18-20-27(21-19-25)36-31(2,3)24-34)30(35)32-29-17-12-11-16-28(29)26-14-9-8-10-15-26/h8-12,14-21,34H,4-7,13,22-24H2,1-3H3,(H,32,35). The molecule has 0 heterocycles. The SMILES string of the molecule is CCCCCCCN(Cc1ccc(OC(C)(C)CO)cc1)C(=O)Nc1ccccc1-c1ccccc1. The fraction of sp³-hybridized carbons (Fsp3) is 0.387. The van der Waals surface area contributed by atoms with E-state index in [0.717, 1.165) is 35.2 Å². The molecule has 3 aromatic rings. The predicted molar refractivity (Wildman–Crippen MR) is 148 cm³/mol. The molecule has 192 valence electrons. The highest BCUT2D eigenvalue weighted by Gasteiger charge is 2.19. The van der Waals surface area contributed by atoms with Crippen LogP contribution in [0.25, 0.3) is 11.1 Å². The maximum absolute atomic E-state index is 13.5. The lowest BCUT2D eigenvalue weighted by Gasteiger charge is -2.25. The van der Waals surface area contributed by atoms with Gasteiger partial charge in [0.05, 0.1) is 12.3 Å². The van der Waals surface area contributed by atoms with Crippen molar-refractivity contribution in [2.75, 3.05) is 18.5 Å². The predicted octanol–water partition coefficient (Wildman–Crippen LogP) is 7.51. The molecule has 0 saturated carbocycles. The van der Waals surface area contributed by atoms with E-state index in [0.29, 0.717) is 18.8 Å². The second kappa shape index (κ2) is 13.7. The highest BCUT2D eigenvalue weighted by atomic mass is 16.5. The van der Waals surface area contributed by atoms with Crippen molar-refractivity contribution in [3.8, 4) is 16.9 Å². The Labute approximate surface area is 216 Å². The van der Waals surface area contributed by atoms with Gasteiger partial charge in [0.2, 0.25) is 0 Å². The van der Waals surface area contributed by atoms with Crippen LogP contribution in [0.4, 0.5) is 10.5 Å². The number of urea groups is 1. The second-order valence-corrected chi connectivity index (χ2v) is 9.84. The summed E-state index contributed by atoms with van der Waals surface area (Å²) in [5.74, 6) is 0.699. The molecule has 2 amide bonds. The monoisotopic (exact) mass is 488 g/mol. The van der Waals surface area contributed by atoms with Gasteiger partial charge in [-0.1, -0.05) is 93.3 Å². The first kappa shape index (κ1) is 27.3. The van der Waals surface area contributed by atoms with Crippen LogP contribution < -0.4 is 10.1 Å². The maximum Gasteiger partial charge on any atom is 0.322 e. The van der Waals surface area contributed by atoms with Crippen LogP contribution in [-0.4, -0.2) is 34.8 Å². The Morgan fingerprint density at radius 3 is 2.25 bits per heavy atom. The van der Waals surface area contributed by atoms with Crippen molar-refractivity contribution in [2.45, 2.75) is 65.0 Å². The third-order valence-electron chi connectivity index (χ3n) is 6.14. The Balaban J connectivity index is 1.73. The Morgan fingerprint density at radius 2 is 1.56 bits per heavy atom. The van der Waals surface area contributed by atoms with E-state index in [9.17, 15) is 9.90 Å². The van der Waals surface area contributed by atoms with E-state index in [-0.39, 0.29) is 12.6 Å². The zero-order valence-corrected chi connectivity index (χ0v) is 21.9. The molecule has 5 heteroatoms. The number of rotatable bonds is 13. The van der Waals surface area contributed by atoms with Crippen molar-refractivity contribution in [2.24, 2.45) is 0 Å². The van der Waals surface area contributed by atoms with Crippen LogP contribution in [0.3, 0.4) is 0 Å². The fourth-order valence-electron chi connectivity index (χ4n) is 4.05. The van der Waals surface area contributed by atoms with Gasteiger partial charge in [-0.25, -0.2) is 4.79 Å². The number of aliphatic hydroxyl groups excluding tert-OH is 1. The summed E-state index contributed by atoms with van der Waals surface area (Å²) in [6.45, 7) is 7.04. The number of nitrogens with one attached hydrogen (secondary N) is 1. The van der Waals surface area contributed by atoms with E-state index in [1.165, 1.54) is 19.3 Å².